The van der Waals surface area contributed by atoms with Gasteiger partial charge >= 0.3 is 6.03 Å². The molecule has 2 N–H and O–H groups in total. The summed E-state index contributed by atoms with van der Waals surface area (Å²) in [4.78, 5) is 30.5. The third-order valence-corrected chi connectivity index (χ3v) is 5.97. The molecule has 0 bridgehead atoms. The highest BCUT2D eigenvalue weighted by molar-refractivity contribution is 6.03. The summed E-state index contributed by atoms with van der Waals surface area (Å²) in [6.45, 7) is 0.617. The van der Waals surface area contributed by atoms with Crippen LogP contribution < -0.4 is 20.3 Å². The number of nitrogens with one attached hydrogen (secondary N) is 2. The van der Waals surface area contributed by atoms with Crippen molar-refractivity contribution in [1.29, 1.82) is 0 Å². The lowest BCUT2D eigenvalue weighted by molar-refractivity contribution is 0.0958. The van der Waals surface area contributed by atoms with Crippen LogP contribution in [0.1, 0.15) is 33.6 Å². The first-order chi connectivity index (χ1) is 15.6. The molecule has 162 valence electrons. The van der Waals surface area contributed by atoms with Crippen LogP contribution in [0.2, 0.25) is 0 Å². The highest BCUT2D eigenvalue weighted by Crippen LogP contribution is 2.34. The topological polar surface area (TPSA) is 83.6 Å². The fraction of sp³-hybridized carbons (Fsp3) is 0.240. The first-order valence-corrected chi connectivity index (χ1v) is 10.8. The van der Waals surface area contributed by atoms with E-state index in [0.29, 0.717) is 23.7 Å². The van der Waals surface area contributed by atoms with E-state index in [1.165, 1.54) is 23.7 Å². The fourth-order valence-electron chi connectivity index (χ4n) is 4.36. The summed E-state index contributed by atoms with van der Waals surface area (Å²) >= 11 is 0. The van der Waals surface area contributed by atoms with Crippen LogP contribution in [0.3, 0.4) is 0 Å². The van der Waals surface area contributed by atoms with Gasteiger partial charge in [-0.15, -0.1) is 0 Å². The minimum atomic E-state index is -0.269. The van der Waals surface area contributed by atoms with Gasteiger partial charge in [0.2, 0.25) is 0 Å². The predicted octanol–water partition coefficient (Wildman–Crippen LogP) is 4.32. The Morgan fingerprint density at radius 3 is 2.66 bits per heavy atom. The standard InChI is InChI=1S/C25H24N4O3/c1-26-24(30)22-15-21(9-11-27-22)32-20-7-8-23-18(14-20)10-12-29(23)25(31)28-19-6-5-16-3-2-4-17(16)13-19/h5-9,11,13-15H,2-4,10,12H2,1H3,(H,26,30)(H,28,31). The zero-order valence-electron chi connectivity index (χ0n) is 17.9. The second kappa shape index (κ2) is 8.34. The third kappa shape index (κ3) is 3.89. The normalized spacial score (nSPS) is 14.0. The lowest BCUT2D eigenvalue weighted by Gasteiger charge is -2.19. The number of hydrogen-bond acceptors (Lipinski definition) is 4. The van der Waals surface area contributed by atoms with Gasteiger partial charge < -0.3 is 15.4 Å². The molecule has 32 heavy (non-hydrogen) atoms. The van der Waals surface area contributed by atoms with Crippen molar-refractivity contribution in [2.75, 3.05) is 23.8 Å². The minimum Gasteiger partial charge on any atom is -0.457 e. The molecule has 0 saturated heterocycles. The first-order valence-electron chi connectivity index (χ1n) is 10.8. The molecule has 3 amide bonds. The van der Waals surface area contributed by atoms with Gasteiger partial charge in [-0.25, -0.2) is 4.79 Å². The predicted molar refractivity (Wildman–Crippen MR) is 123 cm³/mol. The van der Waals surface area contributed by atoms with Crippen molar-refractivity contribution in [1.82, 2.24) is 10.3 Å². The summed E-state index contributed by atoms with van der Waals surface area (Å²) in [5.41, 5.74) is 5.79. The van der Waals surface area contributed by atoms with Crippen molar-refractivity contribution in [2.45, 2.75) is 25.7 Å². The molecule has 0 fully saturated rings. The highest BCUT2D eigenvalue weighted by Gasteiger charge is 2.25. The van der Waals surface area contributed by atoms with E-state index >= 15 is 0 Å². The molecule has 7 heteroatoms. The van der Waals surface area contributed by atoms with Crippen LogP contribution in [0.4, 0.5) is 16.2 Å². The average molecular weight is 428 g/mol. The maximum absolute atomic E-state index is 12.9. The van der Waals surface area contributed by atoms with Gasteiger partial charge in [0, 0.05) is 37.2 Å². The molecule has 0 unspecified atom stereocenters. The number of nitrogens with zero attached hydrogens (tertiary/aromatic N) is 2. The van der Waals surface area contributed by atoms with E-state index in [1.54, 1.807) is 24.1 Å². The molecule has 0 radical (unpaired) electrons. The monoisotopic (exact) mass is 428 g/mol. The Morgan fingerprint density at radius 2 is 1.78 bits per heavy atom. The molecule has 2 aliphatic rings. The molecular weight excluding hydrogens is 404 g/mol. The van der Waals surface area contributed by atoms with E-state index in [0.717, 1.165) is 36.2 Å². The van der Waals surface area contributed by atoms with Crippen LogP contribution in [-0.2, 0) is 19.3 Å². The molecule has 1 aromatic heterocycles. The minimum absolute atomic E-state index is 0.125. The maximum Gasteiger partial charge on any atom is 0.326 e. The molecule has 1 aliphatic heterocycles. The van der Waals surface area contributed by atoms with Crippen LogP contribution >= 0.6 is 0 Å². The Balaban J connectivity index is 1.29. The van der Waals surface area contributed by atoms with Crippen LogP contribution in [0.25, 0.3) is 0 Å². The number of aromatic nitrogens is 1. The van der Waals surface area contributed by atoms with Crippen molar-refractivity contribution in [3.63, 3.8) is 0 Å². The summed E-state index contributed by atoms with van der Waals surface area (Å²) < 4.78 is 5.93. The number of benzene rings is 2. The molecule has 0 spiro atoms. The van der Waals surface area contributed by atoms with Gasteiger partial charge in [-0.2, -0.15) is 0 Å². The summed E-state index contributed by atoms with van der Waals surface area (Å²) in [5.74, 6) is 0.913. The molecule has 3 aromatic rings. The zero-order chi connectivity index (χ0) is 22.1. The smallest absolute Gasteiger partial charge is 0.326 e. The number of amides is 3. The number of aryl methyl sites for hydroxylation is 2. The van der Waals surface area contributed by atoms with Crippen LogP contribution in [0.15, 0.2) is 54.7 Å². The number of pyridine rings is 1. The summed E-state index contributed by atoms with van der Waals surface area (Å²) in [7, 11) is 1.56. The van der Waals surface area contributed by atoms with Gasteiger partial charge in [-0.1, -0.05) is 6.07 Å². The largest absolute Gasteiger partial charge is 0.457 e. The van der Waals surface area contributed by atoms with Gasteiger partial charge in [0.15, 0.2) is 0 Å². The number of ether oxygens (including phenoxy) is 1. The third-order valence-electron chi connectivity index (χ3n) is 5.97. The van der Waals surface area contributed by atoms with E-state index in [1.807, 2.05) is 24.3 Å². The quantitative estimate of drug-likeness (QED) is 0.648. The number of anilines is 2. The first kappa shape index (κ1) is 20.1. The van der Waals surface area contributed by atoms with E-state index in [2.05, 4.69) is 27.8 Å². The SMILES string of the molecule is CNC(=O)c1cc(Oc2ccc3c(c2)CCN3C(=O)Nc2ccc3c(c2)CCC3)ccn1. The van der Waals surface area contributed by atoms with Gasteiger partial charge in [-0.3, -0.25) is 14.7 Å². The number of urea groups is 1. The van der Waals surface area contributed by atoms with E-state index < -0.39 is 0 Å². The Hall–Kier alpha value is -3.87. The number of rotatable bonds is 4. The van der Waals surface area contributed by atoms with Crippen molar-refractivity contribution < 1.29 is 14.3 Å². The Bertz CT molecular complexity index is 1210. The van der Waals surface area contributed by atoms with Gasteiger partial charge in [-0.05, 0) is 78.8 Å². The molecule has 5 rings (SSSR count). The number of fused-ring (bicyclic) bond motifs is 2. The number of hydrogen-bond donors (Lipinski definition) is 2. The van der Waals surface area contributed by atoms with Crippen LogP contribution in [-0.4, -0.2) is 30.5 Å². The van der Waals surface area contributed by atoms with Crippen molar-refractivity contribution in [3.05, 3.63) is 77.1 Å². The Morgan fingerprint density at radius 1 is 0.938 bits per heavy atom. The van der Waals surface area contributed by atoms with Gasteiger partial charge in [0.25, 0.3) is 5.91 Å². The summed E-state index contributed by atoms with van der Waals surface area (Å²) in [6, 6.07) is 15.1. The second-order valence-electron chi connectivity index (χ2n) is 8.02. The Labute approximate surface area is 186 Å². The number of carbonyl (C=O) groups excluding carboxylic acids is 2. The number of carbonyl (C=O) groups is 2. The lowest BCUT2D eigenvalue weighted by atomic mass is 10.1. The molecule has 0 atom stereocenters. The Kier molecular flexibility index (Phi) is 5.23. The highest BCUT2D eigenvalue weighted by atomic mass is 16.5. The molecule has 0 saturated carbocycles. The van der Waals surface area contributed by atoms with Gasteiger partial charge in [0.1, 0.15) is 17.2 Å². The molecule has 1 aliphatic carbocycles. The molecule has 2 heterocycles. The van der Waals surface area contributed by atoms with Crippen LogP contribution in [0, 0.1) is 0 Å². The summed E-state index contributed by atoms with van der Waals surface area (Å²) in [5, 5.41) is 5.59. The van der Waals surface area contributed by atoms with E-state index in [4.69, 9.17) is 4.74 Å². The van der Waals surface area contributed by atoms with Crippen molar-refractivity contribution >= 4 is 23.3 Å². The van der Waals surface area contributed by atoms with Gasteiger partial charge in [0.05, 0.1) is 0 Å². The van der Waals surface area contributed by atoms with E-state index in [9.17, 15) is 9.59 Å². The van der Waals surface area contributed by atoms with Crippen LogP contribution in [0.5, 0.6) is 11.5 Å². The van der Waals surface area contributed by atoms with Crippen molar-refractivity contribution in [2.24, 2.45) is 0 Å². The lowest BCUT2D eigenvalue weighted by Crippen LogP contribution is -2.33. The van der Waals surface area contributed by atoms with E-state index in [-0.39, 0.29) is 11.9 Å². The van der Waals surface area contributed by atoms with Crippen molar-refractivity contribution in [3.8, 4) is 11.5 Å². The molecule has 7 nitrogen and oxygen atoms in total. The zero-order valence-corrected chi connectivity index (χ0v) is 17.9. The molecule has 2 aromatic carbocycles. The second-order valence-corrected chi connectivity index (χ2v) is 8.02. The molecular formula is C25H24N4O3. The summed E-state index contributed by atoms with van der Waals surface area (Å²) in [6.07, 6.45) is 5.68. The fourth-order valence-corrected chi connectivity index (χ4v) is 4.36. The average Bonchev–Trinajstić information content (AvgIpc) is 3.45. The maximum atomic E-state index is 12.9.